The van der Waals surface area contributed by atoms with Gasteiger partial charge in [0.1, 0.15) is 5.84 Å². The van der Waals surface area contributed by atoms with Crippen LogP contribution in [0, 0.1) is 31.1 Å². The summed E-state index contributed by atoms with van der Waals surface area (Å²) >= 11 is 1.72. The molecule has 1 saturated carbocycles. The Morgan fingerprint density at radius 3 is 2.48 bits per heavy atom. The number of allylic oxidation sites excluding steroid dienone is 4. The van der Waals surface area contributed by atoms with E-state index < -0.39 is 0 Å². The SMILES string of the molecule is C=C/C=C(\C=C)[C@@H]1C[C@H]1C(=O)N1CCN(C(=N)CSc2ccc(C)cc2C)CC1. The number of aryl methyl sites for hydroxylation is 2. The van der Waals surface area contributed by atoms with Gasteiger partial charge in [-0.3, -0.25) is 10.2 Å². The van der Waals surface area contributed by atoms with E-state index in [0.29, 0.717) is 30.6 Å². The molecule has 0 unspecified atom stereocenters. The minimum Gasteiger partial charge on any atom is -0.356 e. The zero-order valence-electron chi connectivity index (χ0n) is 17.5. The number of piperazine rings is 1. The van der Waals surface area contributed by atoms with E-state index in [1.807, 2.05) is 17.1 Å². The summed E-state index contributed by atoms with van der Waals surface area (Å²) in [6.45, 7) is 14.7. The molecule has 2 aliphatic rings. The zero-order valence-corrected chi connectivity index (χ0v) is 18.3. The Labute approximate surface area is 178 Å². The molecule has 2 fully saturated rings. The maximum atomic E-state index is 12.8. The molecule has 0 radical (unpaired) electrons. The monoisotopic (exact) mass is 409 g/mol. The van der Waals surface area contributed by atoms with Crippen LogP contribution in [0.2, 0.25) is 0 Å². The third kappa shape index (κ3) is 5.21. The molecular weight excluding hydrogens is 378 g/mol. The van der Waals surface area contributed by atoms with Gasteiger partial charge in [0.2, 0.25) is 5.91 Å². The van der Waals surface area contributed by atoms with E-state index in [-0.39, 0.29) is 11.8 Å². The summed E-state index contributed by atoms with van der Waals surface area (Å²) in [7, 11) is 0. The molecule has 1 aliphatic heterocycles. The lowest BCUT2D eigenvalue weighted by Crippen LogP contribution is -2.51. The highest BCUT2D eigenvalue weighted by Crippen LogP contribution is 2.45. The van der Waals surface area contributed by atoms with Crippen LogP contribution in [0.15, 0.2) is 60.1 Å². The van der Waals surface area contributed by atoms with Crippen molar-refractivity contribution in [3.8, 4) is 0 Å². The zero-order chi connectivity index (χ0) is 21.0. The fourth-order valence-corrected chi connectivity index (χ4v) is 4.87. The number of amides is 1. The van der Waals surface area contributed by atoms with Gasteiger partial charge in [-0.25, -0.2) is 0 Å². The molecular formula is C24H31N3OS. The Kier molecular flexibility index (Phi) is 7.01. The molecule has 1 aromatic carbocycles. The van der Waals surface area contributed by atoms with Crippen LogP contribution < -0.4 is 0 Å². The largest absolute Gasteiger partial charge is 0.356 e. The third-order valence-corrected chi connectivity index (χ3v) is 6.94. The maximum Gasteiger partial charge on any atom is 0.226 e. The Balaban J connectivity index is 1.46. The van der Waals surface area contributed by atoms with Crippen molar-refractivity contribution in [1.29, 1.82) is 5.41 Å². The molecule has 1 amide bonds. The van der Waals surface area contributed by atoms with E-state index in [4.69, 9.17) is 5.41 Å². The molecule has 4 nitrogen and oxygen atoms in total. The lowest BCUT2D eigenvalue weighted by Gasteiger charge is -2.36. The summed E-state index contributed by atoms with van der Waals surface area (Å²) in [5.74, 6) is 1.95. The lowest BCUT2D eigenvalue weighted by molar-refractivity contribution is -0.134. The summed E-state index contributed by atoms with van der Waals surface area (Å²) in [5.41, 5.74) is 3.64. The summed E-state index contributed by atoms with van der Waals surface area (Å²) in [4.78, 5) is 18.1. The van der Waals surface area contributed by atoms with E-state index in [2.05, 4.69) is 50.1 Å². The van der Waals surface area contributed by atoms with Crippen LogP contribution in [0.4, 0.5) is 0 Å². The normalized spacial score (nSPS) is 21.7. The van der Waals surface area contributed by atoms with Gasteiger partial charge in [-0.15, -0.1) is 11.8 Å². The first-order valence-electron chi connectivity index (χ1n) is 10.2. The first kappa shape index (κ1) is 21.4. The molecule has 2 atom stereocenters. The third-order valence-electron chi connectivity index (χ3n) is 5.75. The molecule has 3 rings (SSSR count). The quantitative estimate of drug-likeness (QED) is 0.313. The van der Waals surface area contributed by atoms with Gasteiger partial charge in [-0.05, 0) is 43.4 Å². The van der Waals surface area contributed by atoms with Crippen molar-refractivity contribution in [1.82, 2.24) is 9.80 Å². The average molecular weight is 410 g/mol. The molecule has 1 aromatic rings. The minimum absolute atomic E-state index is 0.0882. The fourth-order valence-electron chi connectivity index (χ4n) is 3.95. The van der Waals surface area contributed by atoms with Gasteiger partial charge in [0.05, 0.1) is 5.75 Å². The van der Waals surface area contributed by atoms with Gasteiger partial charge >= 0.3 is 0 Å². The fraction of sp³-hybridized carbons (Fsp3) is 0.417. The van der Waals surface area contributed by atoms with Crippen molar-refractivity contribution in [3.63, 3.8) is 0 Å². The van der Waals surface area contributed by atoms with E-state index in [0.717, 1.165) is 25.1 Å². The second kappa shape index (κ2) is 9.49. The number of benzene rings is 1. The summed E-state index contributed by atoms with van der Waals surface area (Å²) in [5, 5.41) is 8.45. The van der Waals surface area contributed by atoms with Crippen LogP contribution in [0.1, 0.15) is 17.5 Å². The molecule has 1 N–H and O–H groups in total. The molecule has 1 heterocycles. The standard InChI is InChI=1S/C24H31N3OS/c1-5-7-19(6-2)20-15-21(20)24(28)27-12-10-26(11-13-27)23(25)16-29-22-9-8-17(3)14-18(22)4/h5-9,14,20-21,25H,1-2,10-13,15-16H2,3-4H3/b19-7+,25-23?/t20-,21+/m0/s1. The van der Waals surface area contributed by atoms with Crippen LogP contribution in [-0.4, -0.2) is 53.5 Å². The van der Waals surface area contributed by atoms with Gasteiger partial charge in [0, 0.05) is 37.0 Å². The van der Waals surface area contributed by atoms with Crippen molar-refractivity contribution in [2.24, 2.45) is 11.8 Å². The van der Waals surface area contributed by atoms with E-state index in [1.165, 1.54) is 16.0 Å². The van der Waals surface area contributed by atoms with Gasteiger partial charge in [0.25, 0.3) is 0 Å². The van der Waals surface area contributed by atoms with Crippen LogP contribution in [0.5, 0.6) is 0 Å². The Hall–Kier alpha value is -2.27. The van der Waals surface area contributed by atoms with Gasteiger partial charge in [-0.2, -0.15) is 0 Å². The van der Waals surface area contributed by atoms with Crippen molar-refractivity contribution in [2.75, 3.05) is 31.9 Å². The maximum absolute atomic E-state index is 12.8. The number of nitrogens with zero attached hydrogens (tertiary/aromatic N) is 2. The number of nitrogens with one attached hydrogen (secondary N) is 1. The summed E-state index contributed by atoms with van der Waals surface area (Å²) in [6.07, 6.45) is 6.47. The molecule has 1 aliphatic carbocycles. The van der Waals surface area contributed by atoms with E-state index >= 15 is 0 Å². The number of rotatable bonds is 7. The van der Waals surface area contributed by atoms with Gasteiger partial charge < -0.3 is 9.80 Å². The summed E-state index contributed by atoms with van der Waals surface area (Å²) in [6, 6.07) is 6.45. The topological polar surface area (TPSA) is 47.4 Å². The van der Waals surface area contributed by atoms with E-state index in [1.54, 1.807) is 17.8 Å². The Morgan fingerprint density at radius 2 is 1.86 bits per heavy atom. The Morgan fingerprint density at radius 1 is 1.17 bits per heavy atom. The van der Waals surface area contributed by atoms with Crippen LogP contribution in [-0.2, 0) is 4.79 Å². The molecule has 154 valence electrons. The number of thioether (sulfide) groups is 1. The molecule has 1 saturated heterocycles. The van der Waals surface area contributed by atoms with Gasteiger partial charge in [0.15, 0.2) is 0 Å². The predicted molar refractivity (Wildman–Crippen MR) is 123 cm³/mol. The first-order chi connectivity index (χ1) is 13.9. The van der Waals surface area contributed by atoms with Crippen LogP contribution >= 0.6 is 11.8 Å². The van der Waals surface area contributed by atoms with Gasteiger partial charge in [-0.1, -0.05) is 49.1 Å². The van der Waals surface area contributed by atoms with E-state index in [9.17, 15) is 4.79 Å². The van der Waals surface area contributed by atoms with Crippen molar-refractivity contribution in [2.45, 2.75) is 25.2 Å². The lowest BCUT2D eigenvalue weighted by atomic mass is 10.1. The average Bonchev–Trinajstić information content (AvgIpc) is 3.51. The molecule has 0 bridgehead atoms. The predicted octanol–water partition coefficient (Wildman–Crippen LogP) is 4.45. The van der Waals surface area contributed by atoms with Crippen molar-refractivity contribution >= 4 is 23.5 Å². The molecule has 5 heteroatoms. The highest BCUT2D eigenvalue weighted by molar-refractivity contribution is 8.00. The number of hydrogen-bond acceptors (Lipinski definition) is 3. The minimum atomic E-state index is 0.0882. The molecule has 0 aromatic heterocycles. The number of carbonyl (C=O) groups is 1. The smallest absolute Gasteiger partial charge is 0.226 e. The number of hydrogen-bond donors (Lipinski definition) is 1. The van der Waals surface area contributed by atoms with Crippen molar-refractivity contribution in [3.05, 3.63) is 66.3 Å². The second-order valence-electron chi connectivity index (χ2n) is 7.87. The number of carbonyl (C=O) groups excluding carboxylic acids is 1. The van der Waals surface area contributed by atoms with Crippen LogP contribution in [0.3, 0.4) is 0 Å². The highest BCUT2D eigenvalue weighted by Gasteiger charge is 2.46. The first-order valence-corrected chi connectivity index (χ1v) is 11.2. The summed E-state index contributed by atoms with van der Waals surface area (Å²) < 4.78 is 0. The Bertz CT molecular complexity index is 837. The molecule has 29 heavy (non-hydrogen) atoms. The highest BCUT2D eigenvalue weighted by atomic mass is 32.2. The van der Waals surface area contributed by atoms with Crippen molar-refractivity contribution < 1.29 is 4.79 Å². The second-order valence-corrected chi connectivity index (χ2v) is 8.89. The number of amidine groups is 1. The van der Waals surface area contributed by atoms with Crippen LogP contribution in [0.25, 0.3) is 0 Å². The molecule has 0 spiro atoms.